The molecule has 3 heterocycles. The number of carbonyl (C=O) groups is 2. The third kappa shape index (κ3) is 3.62. The molecule has 1 aliphatic rings. The van der Waals surface area contributed by atoms with Crippen molar-refractivity contribution >= 4 is 28.6 Å². The molecular weight excluding hydrogens is 404 g/mol. The quantitative estimate of drug-likeness (QED) is 0.348. The molecular formula is C25H22N4O3. The first kappa shape index (κ1) is 19.9. The molecule has 0 saturated carbocycles. The number of hydrogen-bond donors (Lipinski definition) is 0. The largest absolute Gasteiger partial charge is 0.423 e. The Balaban J connectivity index is 1.47. The molecule has 0 N–H and O–H groups in total. The number of esters is 1. The molecule has 0 aliphatic carbocycles. The van der Waals surface area contributed by atoms with Crippen molar-refractivity contribution in [1.29, 1.82) is 0 Å². The molecule has 0 radical (unpaired) electrons. The number of aryl methyl sites for hydroxylation is 1. The zero-order valence-corrected chi connectivity index (χ0v) is 17.7. The summed E-state index contributed by atoms with van der Waals surface area (Å²) in [5.74, 6) is 0.0602. The van der Waals surface area contributed by atoms with E-state index in [-0.39, 0.29) is 5.91 Å². The van der Waals surface area contributed by atoms with Gasteiger partial charge in [0.1, 0.15) is 5.75 Å². The van der Waals surface area contributed by atoms with Crippen LogP contribution >= 0.6 is 0 Å². The number of hydrogen-bond acceptors (Lipinski definition) is 5. The highest BCUT2D eigenvalue weighted by atomic mass is 16.5. The first-order chi connectivity index (χ1) is 15.6. The van der Waals surface area contributed by atoms with Gasteiger partial charge < -0.3 is 9.64 Å². The molecule has 160 valence electrons. The van der Waals surface area contributed by atoms with Crippen molar-refractivity contribution in [3.05, 3.63) is 72.4 Å². The van der Waals surface area contributed by atoms with E-state index in [0.717, 1.165) is 24.2 Å². The van der Waals surface area contributed by atoms with E-state index in [1.165, 1.54) is 0 Å². The highest BCUT2D eigenvalue weighted by molar-refractivity contribution is 6.04. The van der Waals surface area contributed by atoms with Crippen LogP contribution in [0, 0.1) is 0 Å². The van der Waals surface area contributed by atoms with E-state index < -0.39 is 5.97 Å². The molecule has 1 amide bonds. The minimum Gasteiger partial charge on any atom is -0.423 e. The molecule has 7 nitrogen and oxygen atoms in total. The van der Waals surface area contributed by atoms with Gasteiger partial charge in [-0.05, 0) is 43.7 Å². The Labute approximate surface area is 185 Å². The molecule has 1 saturated heterocycles. The van der Waals surface area contributed by atoms with E-state index in [2.05, 4.69) is 5.10 Å². The molecule has 0 atom stereocenters. The van der Waals surface area contributed by atoms with Crippen LogP contribution in [0.25, 0.3) is 22.3 Å². The van der Waals surface area contributed by atoms with Crippen LogP contribution in [-0.4, -0.2) is 33.2 Å². The minimum absolute atomic E-state index is 0.121. The van der Waals surface area contributed by atoms with Gasteiger partial charge >= 0.3 is 5.97 Å². The van der Waals surface area contributed by atoms with Crippen LogP contribution in [0.15, 0.2) is 66.9 Å². The van der Waals surface area contributed by atoms with Crippen LogP contribution in [0.1, 0.15) is 30.1 Å². The molecule has 4 aromatic rings. The summed E-state index contributed by atoms with van der Waals surface area (Å²) in [4.78, 5) is 31.6. The summed E-state index contributed by atoms with van der Waals surface area (Å²) in [6, 6.07) is 18.5. The van der Waals surface area contributed by atoms with Crippen molar-refractivity contribution in [2.75, 3.05) is 11.4 Å². The van der Waals surface area contributed by atoms with Crippen molar-refractivity contribution in [2.45, 2.75) is 26.3 Å². The normalized spacial score (nSPS) is 13.7. The lowest BCUT2D eigenvalue weighted by Crippen LogP contribution is -2.23. The number of carbonyl (C=O) groups excluding carboxylic acids is 2. The van der Waals surface area contributed by atoms with Gasteiger partial charge in [0.15, 0.2) is 5.65 Å². The Morgan fingerprint density at radius 1 is 1.09 bits per heavy atom. The maximum Gasteiger partial charge on any atom is 0.344 e. The van der Waals surface area contributed by atoms with Gasteiger partial charge in [-0.2, -0.15) is 5.10 Å². The standard InChI is InChI=1S/C25H22N4O3/c1-2-29-24-21(16-26-29)20(15-22(27-24)17-7-4-3-5-8-17)25(31)32-19-12-10-18(11-13-19)28-14-6-9-23(28)30/h3-5,7-8,10-13,15-16H,2,6,9,14H2,1H3. The molecule has 1 aliphatic heterocycles. The van der Waals surface area contributed by atoms with Gasteiger partial charge in [-0.3, -0.25) is 4.79 Å². The van der Waals surface area contributed by atoms with E-state index in [9.17, 15) is 9.59 Å². The van der Waals surface area contributed by atoms with Gasteiger partial charge in [-0.15, -0.1) is 0 Å². The Hall–Kier alpha value is -4.00. The maximum atomic E-state index is 13.2. The average molecular weight is 426 g/mol. The topological polar surface area (TPSA) is 77.3 Å². The summed E-state index contributed by atoms with van der Waals surface area (Å²) in [5.41, 5.74) is 3.46. The molecule has 32 heavy (non-hydrogen) atoms. The summed E-state index contributed by atoms with van der Waals surface area (Å²) in [6.07, 6.45) is 3.09. The Morgan fingerprint density at radius 3 is 2.56 bits per heavy atom. The summed E-state index contributed by atoms with van der Waals surface area (Å²) in [6.45, 7) is 3.34. The van der Waals surface area contributed by atoms with Gasteiger partial charge in [0.2, 0.25) is 5.91 Å². The van der Waals surface area contributed by atoms with E-state index in [1.807, 2.05) is 37.3 Å². The van der Waals surface area contributed by atoms with E-state index in [4.69, 9.17) is 9.72 Å². The number of aromatic nitrogens is 3. The number of rotatable bonds is 5. The lowest BCUT2D eigenvalue weighted by atomic mass is 10.1. The molecule has 0 spiro atoms. The van der Waals surface area contributed by atoms with E-state index in [0.29, 0.717) is 41.0 Å². The van der Waals surface area contributed by atoms with Gasteiger partial charge in [-0.25, -0.2) is 14.5 Å². The second-order valence-electron chi connectivity index (χ2n) is 7.65. The fourth-order valence-corrected chi connectivity index (χ4v) is 3.98. The number of ether oxygens (including phenoxy) is 1. The molecule has 0 unspecified atom stereocenters. The zero-order chi connectivity index (χ0) is 22.1. The lowest BCUT2D eigenvalue weighted by Gasteiger charge is -2.16. The van der Waals surface area contributed by atoms with Crippen molar-refractivity contribution in [1.82, 2.24) is 14.8 Å². The highest BCUT2D eigenvalue weighted by Crippen LogP contribution is 2.28. The molecule has 5 rings (SSSR count). The van der Waals surface area contributed by atoms with E-state index in [1.54, 1.807) is 46.1 Å². The van der Waals surface area contributed by atoms with Crippen molar-refractivity contribution in [3.8, 4) is 17.0 Å². The monoisotopic (exact) mass is 426 g/mol. The molecule has 1 fully saturated rings. The van der Waals surface area contributed by atoms with Gasteiger partial charge in [-0.1, -0.05) is 30.3 Å². The van der Waals surface area contributed by atoms with Crippen LogP contribution in [0.3, 0.4) is 0 Å². The van der Waals surface area contributed by atoms with Crippen LogP contribution in [0.4, 0.5) is 5.69 Å². The second kappa shape index (κ2) is 8.26. The molecule has 2 aromatic carbocycles. The van der Waals surface area contributed by atoms with Crippen molar-refractivity contribution in [3.63, 3.8) is 0 Å². The predicted octanol–water partition coefficient (Wildman–Crippen LogP) is 4.46. The number of pyridine rings is 1. The average Bonchev–Trinajstić information content (AvgIpc) is 3.45. The Kier molecular flexibility index (Phi) is 5.15. The number of benzene rings is 2. The lowest BCUT2D eigenvalue weighted by molar-refractivity contribution is -0.117. The van der Waals surface area contributed by atoms with Crippen LogP contribution in [0.2, 0.25) is 0 Å². The third-order valence-corrected chi connectivity index (χ3v) is 5.63. The fourth-order valence-electron chi connectivity index (χ4n) is 3.98. The predicted molar refractivity (Wildman–Crippen MR) is 122 cm³/mol. The minimum atomic E-state index is -0.477. The summed E-state index contributed by atoms with van der Waals surface area (Å²) in [5, 5.41) is 5.02. The number of anilines is 1. The summed E-state index contributed by atoms with van der Waals surface area (Å²) >= 11 is 0. The van der Waals surface area contributed by atoms with Crippen LogP contribution in [0.5, 0.6) is 5.75 Å². The zero-order valence-electron chi connectivity index (χ0n) is 17.7. The van der Waals surface area contributed by atoms with Gasteiger partial charge in [0.05, 0.1) is 22.8 Å². The van der Waals surface area contributed by atoms with E-state index >= 15 is 0 Å². The summed E-state index contributed by atoms with van der Waals surface area (Å²) < 4.78 is 7.44. The first-order valence-electron chi connectivity index (χ1n) is 10.7. The maximum absolute atomic E-state index is 13.2. The Bertz CT molecular complexity index is 1300. The first-order valence-corrected chi connectivity index (χ1v) is 10.7. The van der Waals surface area contributed by atoms with Crippen molar-refractivity contribution < 1.29 is 14.3 Å². The molecule has 2 aromatic heterocycles. The number of nitrogens with zero attached hydrogens (tertiary/aromatic N) is 4. The molecule has 0 bridgehead atoms. The van der Waals surface area contributed by atoms with Crippen LogP contribution in [-0.2, 0) is 11.3 Å². The smallest absolute Gasteiger partial charge is 0.344 e. The number of amides is 1. The third-order valence-electron chi connectivity index (χ3n) is 5.63. The highest BCUT2D eigenvalue weighted by Gasteiger charge is 2.22. The van der Waals surface area contributed by atoms with Crippen LogP contribution < -0.4 is 9.64 Å². The molecule has 7 heteroatoms. The summed E-state index contributed by atoms with van der Waals surface area (Å²) in [7, 11) is 0. The fraction of sp³-hybridized carbons (Fsp3) is 0.200. The SMILES string of the molecule is CCn1ncc2c(C(=O)Oc3ccc(N4CCCC4=O)cc3)cc(-c3ccccc3)nc21. The van der Waals surface area contributed by atoms with Gasteiger partial charge in [0, 0.05) is 30.8 Å². The van der Waals surface area contributed by atoms with Crippen molar-refractivity contribution in [2.24, 2.45) is 0 Å². The number of fused-ring (bicyclic) bond motifs is 1. The van der Waals surface area contributed by atoms with Gasteiger partial charge in [0.25, 0.3) is 0 Å². The Morgan fingerprint density at radius 2 is 1.88 bits per heavy atom. The second-order valence-corrected chi connectivity index (χ2v) is 7.65.